The second kappa shape index (κ2) is 13.5. The smallest absolute Gasteiger partial charge is 0.394 e. The Kier molecular flexibility index (Phi) is 12.6. The predicted molar refractivity (Wildman–Crippen MR) is 106 cm³/mol. The number of hydrogen-bond donors (Lipinski definition) is 4. The van der Waals surface area contributed by atoms with Gasteiger partial charge in [-0.15, -0.1) is 0 Å². The van der Waals surface area contributed by atoms with E-state index in [0.717, 1.165) is 61.8 Å². The van der Waals surface area contributed by atoms with Crippen LogP contribution < -0.4 is 11.5 Å². The van der Waals surface area contributed by atoms with Crippen molar-refractivity contribution in [1.82, 2.24) is 0 Å². The Bertz CT molecular complexity index is 669. The highest BCUT2D eigenvalue weighted by Crippen LogP contribution is 2.25. The number of carbonyl (C=O) groups excluding carboxylic acids is 1. The van der Waals surface area contributed by atoms with Crippen LogP contribution in [0.4, 0.5) is 5.69 Å². The van der Waals surface area contributed by atoms with Crippen molar-refractivity contribution in [2.24, 2.45) is 5.73 Å². The van der Waals surface area contributed by atoms with Crippen LogP contribution in [0, 0.1) is 0 Å². The molecule has 1 aromatic rings. The third kappa shape index (κ3) is 11.6. The van der Waals surface area contributed by atoms with Crippen LogP contribution in [0.25, 0.3) is 0 Å². The highest BCUT2D eigenvalue weighted by Gasteiger charge is 2.17. The van der Waals surface area contributed by atoms with Gasteiger partial charge in [0.1, 0.15) is 0 Å². The van der Waals surface area contributed by atoms with Crippen LogP contribution in [0.1, 0.15) is 67.4 Å². The summed E-state index contributed by atoms with van der Waals surface area (Å²) in [5.74, 6) is -0.238. The van der Waals surface area contributed by atoms with E-state index >= 15 is 0 Å². The van der Waals surface area contributed by atoms with Crippen molar-refractivity contribution in [2.45, 2.75) is 58.8 Å². The minimum atomic E-state index is -4.67. The normalized spacial score (nSPS) is 10.9. The van der Waals surface area contributed by atoms with Crippen LogP contribution in [-0.2, 0) is 28.0 Å². The Morgan fingerprint density at radius 2 is 1.59 bits per heavy atom. The van der Waals surface area contributed by atoms with Gasteiger partial charge in [0, 0.05) is 5.69 Å². The number of nitrogen functional groups attached to an aromatic ring is 1. The van der Waals surface area contributed by atoms with Crippen LogP contribution in [0.3, 0.4) is 0 Å². The molecule has 6 N–H and O–H groups in total. The van der Waals surface area contributed by atoms with Crippen LogP contribution in [0.2, 0.25) is 0 Å². The second-order valence-corrected chi connectivity index (χ2v) is 6.99. The Hall–Kier alpha value is -1.68. The molecule has 0 aliphatic rings. The van der Waals surface area contributed by atoms with E-state index in [9.17, 15) is 4.79 Å². The quantitative estimate of drug-likeness (QED) is 0.201. The van der Waals surface area contributed by atoms with Gasteiger partial charge in [0.05, 0.1) is 12.2 Å². The summed E-state index contributed by atoms with van der Waals surface area (Å²) < 4.78 is 37.0. The maximum Gasteiger partial charge on any atom is 0.394 e. The van der Waals surface area contributed by atoms with Crippen LogP contribution in [-0.4, -0.2) is 36.6 Å². The van der Waals surface area contributed by atoms with Crippen molar-refractivity contribution in [3.05, 3.63) is 28.8 Å². The summed E-state index contributed by atoms with van der Waals surface area (Å²) in [6.07, 6.45) is 6.59. The van der Waals surface area contributed by atoms with Gasteiger partial charge in [0.25, 0.3) is 0 Å². The first-order chi connectivity index (χ1) is 12.7. The number of esters is 1. The molecule has 0 amide bonds. The Labute approximate surface area is 161 Å². The zero-order valence-corrected chi connectivity index (χ0v) is 16.9. The molecular formula is C18H32N2O6S. The largest absolute Gasteiger partial charge is 0.462 e. The summed E-state index contributed by atoms with van der Waals surface area (Å²) in [7, 11) is -4.67. The lowest BCUT2D eigenvalue weighted by molar-refractivity contribution is 0.0498. The van der Waals surface area contributed by atoms with E-state index in [0.29, 0.717) is 18.7 Å². The number of hydrogen-bond acceptors (Lipinski definition) is 6. The van der Waals surface area contributed by atoms with Crippen LogP contribution in [0.15, 0.2) is 12.1 Å². The second-order valence-electron chi connectivity index (χ2n) is 6.09. The molecule has 27 heavy (non-hydrogen) atoms. The monoisotopic (exact) mass is 404 g/mol. The lowest BCUT2D eigenvalue weighted by atomic mass is 9.92. The van der Waals surface area contributed by atoms with Crippen molar-refractivity contribution >= 4 is 22.1 Å². The fourth-order valence-corrected chi connectivity index (χ4v) is 2.50. The van der Waals surface area contributed by atoms with E-state index in [1.807, 2.05) is 6.07 Å². The van der Waals surface area contributed by atoms with E-state index < -0.39 is 10.4 Å². The number of rotatable bonds is 10. The van der Waals surface area contributed by atoms with Gasteiger partial charge in [-0.3, -0.25) is 9.11 Å². The summed E-state index contributed by atoms with van der Waals surface area (Å²) in [6, 6.07) is 3.62. The molecule has 0 fully saturated rings. The van der Waals surface area contributed by atoms with Gasteiger partial charge in [0.2, 0.25) is 0 Å². The molecule has 8 nitrogen and oxygen atoms in total. The van der Waals surface area contributed by atoms with Crippen molar-refractivity contribution < 1.29 is 27.1 Å². The number of nitrogens with two attached hydrogens (primary N) is 2. The summed E-state index contributed by atoms with van der Waals surface area (Å²) in [5, 5.41) is 0. The molecule has 0 aliphatic heterocycles. The number of anilines is 1. The van der Waals surface area contributed by atoms with Gasteiger partial charge in [-0.25, -0.2) is 4.79 Å². The van der Waals surface area contributed by atoms with Gasteiger partial charge in [-0.05, 0) is 61.9 Å². The molecule has 156 valence electrons. The number of carbonyl (C=O) groups is 1. The van der Waals surface area contributed by atoms with Crippen molar-refractivity contribution in [3.63, 3.8) is 0 Å². The van der Waals surface area contributed by atoms with E-state index in [-0.39, 0.29) is 5.97 Å². The molecule has 9 heteroatoms. The molecule has 1 rings (SSSR count). The molecule has 0 aromatic heterocycles. The molecule has 0 saturated carbocycles. The predicted octanol–water partition coefficient (Wildman–Crippen LogP) is 2.81. The van der Waals surface area contributed by atoms with Crippen LogP contribution >= 0.6 is 0 Å². The standard InChI is InChI=1S/C18H30N2O2.H2O4S/c1-3-5-8-15-14(9-7-12-19)16(10-11-17(15)20)18(21)22-13-6-4-2;1-5(2,3)4/h10-11H,3-9,12-13,19-20H2,1-2H3;(H2,1,2,3,4). The summed E-state index contributed by atoms with van der Waals surface area (Å²) in [4.78, 5) is 12.3. The first-order valence-corrected chi connectivity index (χ1v) is 10.5. The highest BCUT2D eigenvalue weighted by molar-refractivity contribution is 7.79. The number of ether oxygens (including phenoxy) is 1. The van der Waals surface area contributed by atoms with Gasteiger partial charge in [-0.1, -0.05) is 26.7 Å². The molecule has 0 bridgehead atoms. The number of unbranched alkanes of at least 4 members (excludes halogenated alkanes) is 2. The van der Waals surface area contributed by atoms with Gasteiger partial charge in [0.15, 0.2) is 0 Å². The minimum Gasteiger partial charge on any atom is -0.462 e. The van der Waals surface area contributed by atoms with Crippen molar-refractivity contribution in [2.75, 3.05) is 18.9 Å². The molecule has 0 unspecified atom stereocenters. The first-order valence-electron chi connectivity index (χ1n) is 9.12. The average Bonchev–Trinajstić information content (AvgIpc) is 2.57. The van der Waals surface area contributed by atoms with Gasteiger partial charge >= 0.3 is 16.4 Å². The molecule has 0 aliphatic carbocycles. The van der Waals surface area contributed by atoms with Gasteiger partial charge < -0.3 is 16.2 Å². The third-order valence-electron chi connectivity index (χ3n) is 3.83. The Morgan fingerprint density at radius 3 is 2.11 bits per heavy atom. The molecule has 0 radical (unpaired) electrons. The van der Waals surface area contributed by atoms with E-state index in [1.54, 1.807) is 6.07 Å². The minimum absolute atomic E-state index is 0.238. The molecule has 0 saturated heterocycles. The van der Waals surface area contributed by atoms with Crippen molar-refractivity contribution in [1.29, 1.82) is 0 Å². The SMILES string of the molecule is CCCCOC(=O)c1ccc(N)c(CCCC)c1CCCN.O=S(=O)(O)O. The van der Waals surface area contributed by atoms with E-state index in [2.05, 4.69) is 13.8 Å². The first kappa shape index (κ1) is 25.3. The lowest BCUT2D eigenvalue weighted by Crippen LogP contribution is -2.14. The van der Waals surface area contributed by atoms with Crippen LogP contribution in [0.5, 0.6) is 0 Å². The molecular weight excluding hydrogens is 372 g/mol. The zero-order chi connectivity index (χ0) is 20.9. The maximum absolute atomic E-state index is 12.3. The van der Waals surface area contributed by atoms with E-state index in [1.165, 1.54) is 0 Å². The summed E-state index contributed by atoms with van der Waals surface area (Å²) >= 11 is 0. The molecule has 0 atom stereocenters. The average molecular weight is 405 g/mol. The Morgan fingerprint density at radius 1 is 1.04 bits per heavy atom. The van der Waals surface area contributed by atoms with Crippen molar-refractivity contribution in [3.8, 4) is 0 Å². The summed E-state index contributed by atoms with van der Waals surface area (Å²) in [5.41, 5.74) is 15.3. The lowest BCUT2D eigenvalue weighted by Gasteiger charge is -2.16. The highest BCUT2D eigenvalue weighted by atomic mass is 32.3. The molecule has 0 spiro atoms. The topological polar surface area (TPSA) is 153 Å². The van der Waals surface area contributed by atoms with Gasteiger partial charge in [-0.2, -0.15) is 8.42 Å². The third-order valence-corrected chi connectivity index (χ3v) is 3.83. The fourth-order valence-electron chi connectivity index (χ4n) is 2.50. The molecule has 0 heterocycles. The van der Waals surface area contributed by atoms with E-state index in [4.69, 9.17) is 33.7 Å². The fraction of sp³-hybridized carbons (Fsp3) is 0.611. The maximum atomic E-state index is 12.3. The number of benzene rings is 1. The molecule has 1 aromatic carbocycles. The summed E-state index contributed by atoms with van der Waals surface area (Å²) in [6.45, 7) is 5.30. The Balaban J connectivity index is 0.00000119. The zero-order valence-electron chi connectivity index (χ0n) is 16.1.